The van der Waals surface area contributed by atoms with Gasteiger partial charge in [-0.15, -0.1) is 0 Å². The molecule has 3 heterocycles. The molecule has 0 aliphatic carbocycles. The number of hydrogen-bond donors (Lipinski definition) is 2. The molecule has 0 fully saturated rings. The average molecular weight is 440 g/mol. The Kier molecular flexibility index (Phi) is 5.52. The highest BCUT2D eigenvalue weighted by molar-refractivity contribution is 5.95. The molecule has 4 rings (SSSR count). The molecular weight excluding hydrogens is 421 g/mol. The summed E-state index contributed by atoms with van der Waals surface area (Å²) in [6.45, 7) is 1.82. The van der Waals surface area contributed by atoms with Crippen LogP contribution in [0.2, 0.25) is 0 Å². The molecule has 1 unspecified atom stereocenters. The number of aromatic nitrogens is 4. The van der Waals surface area contributed by atoms with Gasteiger partial charge in [-0.25, -0.2) is 15.0 Å². The predicted octanol–water partition coefficient (Wildman–Crippen LogP) is 4.62. The molecule has 0 saturated heterocycles. The summed E-state index contributed by atoms with van der Waals surface area (Å²) >= 11 is 0. The quantitative estimate of drug-likeness (QED) is 0.473. The standard InChI is InChI=1S/C22H19F3N6O/c1-13(29-21(32)17-9-19-18(11-26-17)28-12-31(19)2)14-3-8-20(27-10-14)30-16-6-4-15(5-7-16)22(23,24)25/h3-13H,1-2H3,(H,27,30)(H,29,32). The number of rotatable bonds is 5. The van der Waals surface area contributed by atoms with E-state index < -0.39 is 11.7 Å². The van der Waals surface area contributed by atoms with Gasteiger partial charge in [-0.1, -0.05) is 6.07 Å². The zero-order valence-electron chi connectivity index (χ0n) is 17.2. The second kappa shape index (κ2) is 8.29. The van der Waals surface area contributed by atoms with E-state index in [-0.39, 0.29) is 17.6 Å². The van der Waals surface area contributed by atoms with Crippen LogP contribution in [0.15, 0.2) is 61.2 Å². The molecule has 0 bridgehead atoms. The normalized spacial score (nSPS) is 12.5. The lowest BCUT2D eigenvalue weighted by atomic mass is 10.1. The van der Waals surface area contributed by atoms with Crippen molar-refractivity contribution >= 4 is 28.4 Å². The number of nitrogens with one attached hydrogen (secondary N) is 2. The van der Waals surface area contributed by atoms with Crippen molar-refractivity contribution in [1.29, 1.82) is 0 Å². The number of alkyl halides is 3. The van der Waals surface area contributed by atoms with E-state index in [1.807, 2.05) is 18.5 Å². The van der Waals surface area contributed by atoms with Crippen LogP contribution < -0.4 is 10.6 Å². The summed E-state index contributed by atoms with van der Waals surface area (Å²) in [6.07, 6.45) is 0.425. The van der Waals surface area contributed by atoms with Crippen LogP contribution >= 0.6 is 0 Å². The summed E-state index contributed by atoms with van der Waals surface area (Å²) < 4.78 is 39.8. The van der Waals surface area contributed by atoms with Crippen LogP contribution in [-0.4, -0.2) is 25.4 Å². The Morgan fingerprint density at radius 1 is 1.03 bits per heavy atom. The van der Waals surface area contributed by atoms with Crippen molar-refractivity contribution in [3.05, 3.63) is 78.0 Å². The van der Waals surface area contributed by atoms with E-state index >= 15 is 0 Å². The third-order valence-electron chi connectivity index (χ3n) is 4.96. The summed E-state index contributed by atoms with van der Waals surface area (Å²) in [7, 11) is 1.84. The molecule has 32 heavy (non-hydrogen) atoms. The van der Waals surface area contributed by atoms with Crippen LogP contribution in [-0.2, 0) is 13.2 Å². The number of imidazole rings is 1. The maximum Gasteiger partial charge on any atom is 0.416 e. The van der Waals surface area contributed by atoms with E-state index in [4.69, 9.17) is 0 Å². The fraction of sp³-hybridized carbons (Fsp3) is 0.182. The topological polar surface area (TPSA) is 84.7 Å². The zero-order chi connectivity index (χ0) is 22.9. The number of hydrogen-bond acceptors (Lipinski definition) is 5. The summed E-state index contributed by atoms with van der Waals surface area (Å²) in [5, 5.41) is 5.83. The summed E-state index contributed by atoms with van der Waals surface area (Å²) in [5.74, 6) is 0.142. The Morgan fingerprint density at radius 2 is 1.78 bits per heavy atom. The van der Waals surface area contributed by atoms with Gasteiger partial charge in [0.15, 0.2) is 0 Å². The van der Waals surface area contributed by atoms with Gasteiger partial charge in [0.05, 0.1) is 29.6 Å². The van der Waals surface area contributed by atoms with Crippen molar-refractivity contribution < 1.29 is 18.0 Å². The number of fused-ring (bicyclic) bond motifs is 1. The molecule has 1 amide bonds. The molecule has 0 saturated carbocycles. The number of amides is 1. The largest absolute Gasteiger partial charge is 0.416 e. The minimum atomic E-state index is -4.38. The van der Waals surface area contributed by atoms with Crippen LogP contribution in [0.4, 0.5) is 24.7 Å². The van der Waals surface area contributed by atoms with Gasteiger partial charge in [0, 0.05) is 18.9 Å². The number of anilines is 2. The number of benzene rings is 1. The monoisotopic (exact) mass is 440 g/mol. The highest BCUT2D eigenvalue weighted by Gasteiger charge is 2.29. The summed E-state index contributed by atoms with van der Waals surface area (Å²) in [5.41, 5.74) is 2.32. The number of carbonyl (C=O) groups is 1. The molecule has 4 aromatic rings. The van der Waals surface area contributed by atoms with Gasteiger partial charge in [-0.05, 0) is 48.9 Å². The molecule has 164 valence electrons. The van der Waals surface area contributed by atoms with Gasteiger partial charge in [0.1, 0.15) is 17.0 Å². The zero-order valence-corrected chi connectivity index (χ0v) is 17.2. The summed E-state index contributed by atoms with van der Waals surface area (Å²) in [6, 6.07) is 9.51. The van der Waals surface area contributed by atoms with E-state index in [0.717, 1.165) is 23.2 Å². The Balaban J connectivity index is 1.40. The Morgan fingerprint density at radius 3 is 2.44 bits per heavy atom. The Bertz CT molecular complexity index is 1250. The first kappa shape index (κ1) is 21.3. The highest BCUT2D eigenvalue weighted by atomic mass is 19.4. The van der Waals surface area contributed by atoms with Gasteiger partial charge in [0.25, 0.3) is 5.91 Å². The van der Waals surface area contributed by atoms with E-state index in [9.17, 15) is 18.0 Å². The van der Waals surface area contributed by atoms with Gasteiger partial charge >= 0.3 is 6.18 Å². The van der Waals surface area contributed by atoms with Crippen LogP contribution in [0.5, 0.6) is 0 Å². The number of aryl methyl sites for hydroxylation is 1. The molecule has 7 nitrogen and oxygen atoms in total. The third kappa shape index (κ3) is 4.53. The van der Waals surface area contributed by atoms with Crippen LogP contribution in [0.3, 0.4) is 0 Å². The van der Waals surface area contributed by atoms with E-state index in [1.165, 1.54) is 12.1 Å². The molecule has 1 atom stereocenters. The lowest BCUT2D eigenvalue weighted by Gasteiger charge is -2.15. The maximum absolute atomic E-state index is 12.7. The van der Waals surface area contributed by atoms with Gasteiger partial charge in [0.2, 0.25) is 0 Å². The molecule has 0 aliphatic rings. The number of carbonyl (C=O) groups excluding carboxylic acids is 1. The van der Waals surface area contributed by atoms with E-state index in [0.29, 0.717) is 17.0 Å². The Hall–Kier alpha value is -3.95. The minimum Gasteiger partial charge on any atom is -0.344 e. The van der Waals surface area contributed by atoms with Crippen LogP contribution in [0, 0.1) is 0 Å². The molecule has 3 aromatic heterocycles. The predicted molar refractivity (Wildman–Crippen MR) is 113 cm³/mol. The van der Waals surface area contributed by atoms with Crippen molar-refractivity contribution in [2.24, 2.45) is 7.05 Å². The lowest BCUT2D eigenvalue weighted by molar-refractivity contribution is -0.137. The number of nitrogens with zero attached hydrogens (tertiary/aromatic N) is 4. The van der Waals surface area contributed by atoms with Crippen LogP contribution in [0.1, 0.15) is 34.6 Å². The first-order chi connectivity index (χ1) is 15.2. The van der Waals surface area contributed by atoms with Gasteiger partial charge < -0.3 is 15.2 Å². The van der Waals surface area contributed by atoms with Crippen molar-refractivity contribution in [3.8, 4) is 0 Å². The maximum atomic E-state index is 12.7. The molecule has 1 aromatic carbocycles. The summed E-state index contributed by atoms with van der Waals surface area (Å²) in [4.78, 5) is 25.2. The SMILES string of the molecule is CC(NC(=O)c1cc2c(cn1)ncn2C)c1ccc(Nc2ccc(C(F)(F)F)cc2)nc1. The fourth-order valence-corrected chi connectivity index (χ4v) is 3.13. The van der Waals surface area contributed by atoms with Crippen molar-refractivity contribution in [2.75, 3.05) is 5.32 Å². The first-order valence-electron chi connectivity index (χ1n) is 9.69. The molecule has 0 spiro atoms. The molecule has 10 heteroatoms. The van der Waals surface area contributed by atoms with Gasteiger partial charge in [-0.3, -0.25) is 4.79 Å². The average Bonchev–Trinajstić information content (AvgIpc) is 3.14. The first-order valence-corrected chi connectivity index (χ1v) is 9.69. The minimum absolute atomic E-state index is 0.279. The highest BCUT2D eigenvalue weighted by Crippen LogP contribution is 2.30. The van der Waals surface area contributed by atoms with Crippen molar-refractivity contribution in [3.63, 3.8) is 0 Å². The Labute approximate surface area is 181 Å². The second-order valence-electron chi connectivity index (χ2n) is 7.29. The molecular formula is C22H19F3N6O. The van der Waals surface area contributed by atoms with E-state index in [2.05, 4.69) is 25.6 Å². The van der Waals surface area contributed by atoms with E-state index in [1.54, 1.807) is 36.9 Å². The molecule has 0 aliphatic heterocycles. The smallest absolute Gasteiger partial charge is 0.344 e. The van der Waals surface area contributed by atoms with Gasteiger partial charge in [-0.2, -0.15) is 13.2 Å². The van der Waals surface area contributed by atoms with Crippen LogP contribution in [0.25, 0.3) is 11.0 Å². The fourth-order valence-electron chi connectivity index (χ4n) is 3.13. The second-order valence-corrected chi connectivity index (χ2v) is 7.29. The molecule has 0 radical (unpaired) electrons. The number of halogens is 3. The molecule has 2 N–H and O–H groups in total. The third-order valence-corrected chi connectivity index (χ3v) is 4.96. The lowest BCUT2D eigenvalue weighted by Crippen LogP contribution is -2.27. The number of pyridine rings is 2. The van der Waals surface area contributed by atoms with Crippen molar-refractivity contribution in [2.45, 2.75) is 19.1 Å². The van der Waals surface area contributed by atoms with Crippen molar-refractivity contribution in [1.82, 2.24) is 24.8 Å².